The molecule has 0 unspecified atom stereocenters. The molecule has 0 spiro atoms. The van der Waals surface area contributed by atoms with E-state index < -0.39 is 0 Å². The Balaban J connectivity index is 2.63. The molecule has 0 bridgehead atoms. The minimum Gasteiger partial charge on any atom is -0.464 e. The van der Waals surface area contributed by atoms with E-state index in [9.17, 15) is 0 Å². The SMILES string of the molecule is CC(C)c1coc2ccc(C(C)(C)C)cc12. The van der Waals surface area contributed by atoms with E-state index >= 15 is 0 Å². The molecular weight excluding hydrogens is 196 g/mol. The van der Waals surface area contributed by atoms with Gasteiger partial charge in [0, 0.05) is 10.9 Å². The second-order valence-electron chi connectivity index (χ2n) is 5.81. The van der Waals surface area contributed by atoms with Crippen LogP contribution in [0, 0.1) is 0 Å². The number of hydrogen-bond acceptors (Lipinski definition) is 1. The fourth-order valence-electron chi connectivity index (χ4n) is 1.96. The van der Waals surface area contributed by atoms with Crippen molar-refractivity contribution in [3.05, 3.63) is 35.6 Å². The Kier molecular flexibility index (Phi) is 2.57. The van der Waals surface area contributed by atoms with Crippen molar-refractivity contribution in [1.29, 1.82) is 0 Å². The molecule has 0 atom stereocenters. The zero-order valence-corrected chi connectivity index (χ0v) is 10.8. The van der Waals surface area contributed by atoms with Crippen molar-refractivity contribution in [1.82, 2.24) is 0 Å². The molecule has 1 aromatic heterocycles. The maximum absolute atomic E-state index is 5.58. The number of fused-ring (bicyclic) bond motifs is 1. The van der Waals surface area contributed by atoms with Gasteiger partial charge < -0.3 is 4.42 Å². The van der Waals surface area contributed by atoms with Crippen LogP contribution in [0.1, 0.15) is 51.7 Å². The van der Waals surface area contributed by atoms with Gasteiger partial charge in [-0.05, 0) is 29.0 Å². The van der Waals surface area contributed by atoms with Crippen LogP contribution in [0.25, 0.3) is 11.0 Å². The highest BCUT2D eigenvalue weighted by Crippen LogP contribution is 2.31. The molecule has 0 amide bonds. The standard InChI is InChI=1S/C15H20O/c1-10(2)13-9-16-14-7-6-11(8-12(13)14)15(3,4)5/h6-10H,1-5H3. The molecule has 86 valence electrons. The topological polar surface area (TPSA) is 13.1 Å². The van der Waals surface area contributed by atoms with Crippen LogP contribution in [0.4, 0.5) is 0 Å². The Bertz CT molecular complexity index is 498. The third-order valence-corrected chi connectivity index (χ3v) is 3.09. The maximum atomic E-state index is 5.58. The minimum atomic E-state index is 0.194. The summed E-state index contributed by atoms with van der Waals surface area (Å²) < 4.78 is 5.58. The molecule has 1 aromatic carbocycles. The van der Waals surface area contributed by atoms with E-state index in [0.29, 0.717) is 5.92 Å². The summed E-state index contributed by atoms with van der Waals surface area (Å²) in [6.07, 6.45) is 1.89. The predicted octanol–water partition coefficient (Wildman–Crippen LogP) is 4.85. The number of benzene rings is 1. The summed E-state index contributed by atoms with van der Waals surface area (Å²) in [6.45, 7) is 11.1. The normalized spacial score (nSPS) is 12.6. The maximum Gasteiger partial charge on any atom is 0.134 e. The first-order valence-electron chi connectivity index (χ1n) is 5.91. The van der Waals surface area contributed by atoms with E-state index in [-0.39, 0.29) is 5.41 Å². The Morgan fingerprint density at radius 2 is 1.81 bits per heavy atom. The van der Waals surface area contributed by atoms with Gasteiger partial charge in [0.2, 0.25) is 0 Å². The summed E-state index contributed by atoms with van der Waals surface area (Å²) in [5, 5.41) is 1.27. The van der Waals surface area contributed by atoms with Crippen molar-refractivity contribution in [3.8, 4) is 0 Å². The zero-order chi connectivity index (χ0) is 11.9. The van der Waals surface area contributed by atoms with Crippen molar-refractivity contribution in [2.24, 2.45) is 0 Å². The highest BCUT2D eigenvalue weighted by atomic mass is 16.3. The molecular formula is C15H20O. The van der Waals surface area contributed by atoms with Crippen molar-refractivity contribution in [2.45, 2.75) is 46.0 Å². The summed E-state index contributed by atoms with van der Waals surface area (Å²) in [5.74, 6) is 0.511. The smallest absolute Gasteiger partial charge is 0.134 e. The van der Waals surface area contributed by atoms with Crippen LogP contribution in [0.15, 0.2) is 28.9 Å². The van der Waals surface area contributed by atoms with E-state index in [1.165, 1.54) is 16.5 Å². The van der Waals surface area contributed by atoms with Crippen LogP contribution in [-0.2, 0) is 5.41 Å². The second-order valence-corrected chi connectivity index (χ2v) is 5.81. The minimum absolute atomic E-state index is 0.194. The summed E-state index contributed by atoms with van der Waals surface area (Å²) in [6, 6.07) is 6.52. The molecule has 0 saturated heterocycles. The summed E-state index contributed by atoms with van der Waals surface area (Å²) in [5.41, 5.74) is 3.86. The average Bonchev–Trinajstić information content (AvgIpc) is 2.58. The molecule has 0 aliphatic heterocycles. The quantitative estimate of drug-likeness (QED) is 0.664. The van der Waals surface area contributed by atoms with Crippen LogP contribution in [0.2, 0.25) is 0 Å². The predicted molar refractivity (Wildman–Crippen MR) is 69.0 cm³/mol. The number of furan rings is 1. The lowest BCUT2D eigenvalue weighted by molar-refractivity contribution is 0.589. The Labute approximate surface area is 97.5 Å². The second kappa shape index (κ2) is 3.65. The van der Waals surface area contributed by atoms with Gasteiger partial charge in [-0.15, -0.1) is 0 Å². The molecule has 2 rings (SSSR count). The highest BCUT2D eigenvalue weighted by Gasteiger charge is 2.16. The summed E-state index contributed by atoms with van der Waals surface area (Å²) >= 11 is 0. The van der Waals surface area contributed by atoms with Crippen molar-refractivity contribution >= 4 is 11.0 Å². The molecule has 0 saturated carbocycles. The first kappa shape index (κ1) is 11.3. The van der Waals surface area contributed by atoms with E-state index in [1.54, 1.807) is 0 Å². The van der Waals surface area contributed by atoms with E-state index in [0.717, 1.165) is 5.58 Å². The summed E-state index contributed by atoms with van der Waals surface area (Å²) in [4.78, 5) is 0. The lowest BCUT2D eigenvalue weighted by Crippen LogP contribution is -2.10. The molecule has 16 heavy (non-hydrogen) atoms. The molecule has 1 heterocycles. The Morgan fingerprint density at radius 1 is 1.12 bits per heavy atom. The van der Waals surface area contributed by atoms with Crippen LogP contribution < -0.4 is 0 Å². The molecule has 0 fully saturated rings. The van der Waals surface area contributed by atoms with Gasteiger partial charge in [0.1, 0.15) is 5.58 Å². The van der Waals surface area contributed by atoms with Crippen LogP contribution in [0.3, 0.4) is 0 Å². The third-order valence-electron chi connectivity index (χ3n) is 3.09. The van der Waals surface area contributed by atoms with Crippen LogP contribution >= 0.6 is 0 Å². The third kappa shape index (κ3) is 1.87. The fourth-order valence-corrected chi connectivity index (χ4v) is 1.96. The first-order chi connectivity index (χ1) is 7.39. The molecule has 0 aliphatic rings. The van der Waals surface area contributed by atoms with Crippen molar-refractivity contribution in [2.75, 3.05) is 0 Å². The van der Waals surface area contributed by atoms with Crippen molar-refractivity contribution < 1.29 is 4.42 Å². The van der Waals surface area contributed by atoms with Gasteiger partial charge >= 0.3 is 0 Å². The highest BCUT2D eigenvalue weighted by molar-refractivity contribution is 5.82. The van der Waals surface area contributed by atoms with E-state index in [2.05, 4.69) is 52.8 Å². The lowest BCUT2D eigenvalue weighted by Gasteiger charge is -2.19. The molecule has 1 heteroatoms. The van der Waals surface area contributed by atoms with Gasteiger partial charge in [-0.25, -0.2) is 0 Å². The monoisotopic (exact) mass is 216 g/mol. The van der Waals surface area contributed by atoms with Crippen LogP contribution in [0.5, 0.6) is 0 Å². The fraction of sp³-hybridized carbons (Fsp3) is 0.467. The average molecular weight is 216 g/mol. The van der Waals surface area contributed by atoms with Gasteiger partial charge in [0.25, 0.3) is 0 Å². The molecule has 1 nitrogen and oxygen atoms in total. The molecule has 0 radical (unpaired) electrons. The number of hydrogen-bond donors (Lipinski definition) is 0. The molecule has 2 aromatic rings. The Hall–Kier alpha value is -1.24. The van der Waals surface area contributed by atoms with E-state index in [4.69, 9.17) is 4.42 Å². The van der Waals surface area contributed by atoms with E-state index in [1.807, 2.05) is 6.26 Å². The molecule has 0 aliphatic carbocycles. The molecule has 0 N–H and O–H groups in total. The van der Waals surface area contributed by atoms with Crippen molar-refractivity contribution in [3.63, 3.8) is 0 Å². The van der Waals surface area contributed by atoms with Gasteiger partial charge in [0.15, 0.2) is 0 Å². The zero-order valence-electron chi connectivity index (χ0n) is 10.8. The van der Waals surface area contributed by atoms with Gasteiger partial charge in [-0.2, -0.15) is 0 Å². The summed E-state index contributed by atoms with van der Waals surface area (Å²) in [7, 11) is 0. The van der Waals surface area contributed by atoms with Gasteiger partial charge in [-0.1, -0.05) is 40.7 Å². The Morgan fingerprint density at radius 3 is 2.38 bits per heavy atom. The van der Waals surface area contributed by atoms with Gasteiger partial charge in [0.05, 0.1) is 6.26 Å². The van der Waals surface area contributed by atoms with Crippen LogP contribution in [-0.4, -0.2) is 0 Å². The lowest BCUT2D eigenvalue weighted by atomic mass is 9.86. The largest absolute Gasteiger partial charge is 0.464 e. The first-order valence-corrected chi connectivity index (χ1v) is 5.91. The number of rotatable bonds is 1. The van der Waals surface area contributed by atoms with Gasteiger partial charge in [-0.3, -0.25) is 0 Å².